The molecule has 2 aliphatic rings. The van der Waals surface area contributed by atoms with Crippen molar-refractivity contribution in [2.24, 2.45) is 5.92 Å². The molecule has 2 N–H and O–H groups in total. The SMILES string of the molecule is COCC1(C(=O)O)CCCN1C(=O)[C@H](NC(=O)OCC1c2ccccc2-c2ccccc21)C(C)C. The number of carbonyl (C=O) groups is 3. The summed E-state index contributed by atoms with van der Waals surface area (Å²) in [4.78, 5) is 39.7. The van der Waals surface area contributed by atoms with Crippen LogP contribution in [-0.4, -0.2) is 66.4 Å². The van der Waals surface area contributed by atoms with E-state index in [0.717, 1.165) is 22.3 Å². The van der Waals surface area contributed by atoms with Gasteiger partial charge in [-0.3, -0.25) is 4.79 Å². The first-order valence-corrected chi connectivity index (χ1v) is 12.0. The lowest BCUT2D eigenvalue weighted by Crippen LogP contribution is -2.61. The van der Waals surface area contributed by atoms with Gasteiger partial charge < -0.3 is 24.8 Å². The molecular formula is C27H32N2O6. The van der Waals surface area contributed by atoms with Crippen LogP contribution in [0.4, 0.5) is 4.79 Å². The number of amides is 2. The van der Waals surface area contributed by atoms with E-state index in [2.05, 4.69) is 17.4 Å². The molecule has 1 aliphatic carbocycles. The maximum Gasteiger partial charge on any atom is 0.407 e. The van der Waals surface area contributed by atoms with Crippen molar-refractivity contribution >= 4 is 18.0 Å². The van der Waals surface area contributed by atoms with Crippen LogP contribution in [0.25, 0.3) is 11.1 Å². The second-order valence-electron chi connectivity index (χ2n) is 9.55. The van der Waals surface area contributed by atoms with Crippen LogP contribution in [0.3, 0.4) is 0 Å². The van der Waals surface area contributed by atoms with Gasteiger partial charge in [-0.05, 0) is 41.0 Å². The number of hydrogen-bond donors (Lipinski definition) is 2. The number of likely N-dealkylation sites (tertiary alicyclic amines) is 1. The summed E-state index contributed by atoms with van der Waals surface area (Å²) in [5, 5.41) is 12.6. The Morgan fingerprint density at radius 1 is 1.09 bits per heavy atom. The maximum absolute atomic E-state index is 13.4. The van der Waals surface area contributed by atoms with Crippen LogP contribution in [0.15, 0.2) is 48.5 Å². The van der Waals surface area contributed by atoms with Crippen LogP contribution < -0.4 is 5.32 Å². The Kier molecular flexibility index (Phi) is 7.12. The van der Waals surface area contributed by atoms with Gasteiger partial charge in [0, 0.05) is 19.6 Å². The van der Waals surface area contributed by atoms with E-state index < -0.39 is 29.6 Å². The smallest absolute Gasteiger partial charge is 0.407 e. The van der Waals surface area contributed by atoms with Gasteiger partial charge >= 0.3 is 12.1 Å². The van der Waals surface area contributed by atoms with Gasteiger partial charge in [-0.2, -0.15) is 0 Å². The molecule has 1 unspecified atom stereocenters. The number of carboxylic acid groups (broad SMARTS) is 1. The summed E-state index contributed by atoms with van der Waals surface area (Å²) in [7, 11) is 1.42. The number of carbonyl (C=O) groups excluding carboxylic acids is 2. The summed E-state index contributed by atoms with van der Waals surface area (Å²) >= 11 is 0. The number of aliphatic carboxylic acids is 1. The molecule has 1 aliphatic heterocycles. The first-order valence-electron chi connectivity index (χ1n) is 12.0. The molecule has 0 saturated carbocycles. The fraction of sp³-hybridized carbons (Fsp3) is 0.444. The van der Waals surface area contributed by atoms with Gasteiger partial charge in [0.05, 0.1) is 6.61 Å². The fourth-order valence-corrected chi connectivity index (χ4v) is 5.32. The summed E-state index contributed by atoms with van der Waals surface area (Å²) < 4.78 is 10.8. The highest BCUT2D eigenvalue weighted by Gasteiger charge is 2.51. The van der Waals surface area contributed by atoms with Crippen LogP contribution in [0.1, 0.15) is 43.7 Å². The standard InChI is InChI=1S/C27H32N2O6/c1-17(2)23(24(30)29-14-8-13-27(29,16-34-3)25(31)32)28-26(33)35-15-22-20-11-6-4-9-18(20)19-10-5-7-12-21(19)22/h4-7,9-12,17,22-23H,8,13-16H2,1-3H3,(H,28,33)(H,31,32)/t23-,27?/m1/s1. The molecule has 2 aromatic carbocycles. The summed E-state index contributed by atoms with van der Waals surface area (Å²) in [5.41, 5.74) is 3.03. The highest BCUT2D eigenvalue weighted by Crippen LogP contribution is 2.44. The van der Waals surface area contributed by atoms with Crippen LogP contribution in [-0.2, 0) is 19.1 Å². The molecule has 1 saturated heterocycles. The second-order valence-corrected chi connectivity index (χ2v) is 9.55. The lowest BCUT2D eigenvalue weighted by Gasteiger charge is -2.37. The van der Waals surface area contributed by atoms with Crippen LogP contribution in [0, 0.1) is 5.92 Å². The molecule has 4 rings (SSSR count). The number of fused-ring (bicyclic) bond motifs is 3. The van der Waals surface area contributed by atoms with Gasteiger partial charge in [0.15, 0.2) is 5.54 Å². The van der Waals surface area contributed by atoms with Gasteiger partial charge in [-0.1, -0.05) is 62.4 Å². The largest absolute Gasteiger partial charge is 0.479 e. The summed E-state index contributed by atoms with van der Waals surface area (Å²) in [5.74, 6) is -1.90. The zero-order chi connectivity index (χ0) is 25.2. The molecule has 1 fully saturated rings. The Bertz CT molecular complexity index is 1070. The third kappa shape index (κ3) is 4.50. The number of nitrogens with zero attached hydrogens (tertiary/aromatic N) is 1. The number of benzene rings is 2. The van der Waals surface area contributed by atoms with E-state index in [-0.39, 0.29) is 25.0 Å². The molecule has 8 heteroatoms. The van der Waals surface area contributed by atoms with Crippen molar-refractivity contribution in [1.82, 2.24) is 10.2 Å². The molecule has 1 heterocycles. The van der Waals surface area contributed by atoms with Gasteiger partial charge in [0.2, 0.25) is 5.91 Å². The Balaban J connectivity index is 1.47. The van der Waals surface area contributed by atoms with Crippen molar-refractivity contribution in [3.63, 3.8) is 0 Å². The van der Waals surface area contributed by atoms with Crippen molar-refractivity contribution in [1.29, 1.82) is 0 Å². The number of nitrogens with one attached hydrogen (secondary N) is 1. The second kappa shape index (κ2) is 10.1. The maximum atomic E-state index is 13.4. The summed E-state index contributed by atoms with van der Waals surface area (Å²) in [6.45, 7) is 3.93. The molecule has 35 heavy (non-hydrogen) atoms. The number of carboxylic acids is 1. The van der Waals surface area contributed by atoms with E-state index in [1.807, 2.05) is 36.4 Å². The molecule has 0 bridgehead atoms. The minimum absolute atomic E-state index is 0.0960. The van der Waals surface area contributed by atoms with E-state index in [1.54, 1.807) is 13.8 Å². The highest BCUT2D eigenvalue weighted by atomic mass is 16.5. The van der Waals surface area contributed by atoms with E-state index in [1.165, 1.54) is 12.0 Å². The molecule has 8 nitrogen and oxygen atoms in total. The summed E-state index contributed by atoms with van der Waals surface area (Å²) in [6, 6.07) is 15.2. The highest BCUT2D eigenvalue weighted by molar-refractivity contribution is 5.92. The van der Waals surface area contributed by atoms with Crippen LogP contribution in [0.5, 0.6) is 0 Å². The van der Waals surface area contributed by atoms with Crippen LogP contribution in [0.2, 0.25) is 0 Å². The van der Waals surface area contributed by atoms with E-state index >= 15 is 0 Å². The average Bonchev–Trinajstić information content (AvgIpc) is 3.41. The van der Waals surface area contributed by atoms with Gasteiger partial charge in [-0.25, -0.2) is 9.59 Å². The zero-order valence-electron chi connectivity index (χ0n) is 20.3. The number of hydrogen-bond acceptors (Lipinski definition) is 5. The lowest BCUT2D eigenvalue weighted by atomic mass is 9.95. The normalized spacial score (nSPS) is 19.8. The molecule has 0 aromatic heterocycles. The van der Waals surface area contributed by atoms with E-state index in [9.17, 15) is 19.5 Å². The quantitative estimate of drug-likeness (QED) is 0.598. The first-order chi connectivity index (χ1) is 16.8. The van der Waals surface area contributed by atoms with Crippen molar-refractivity contribution in [2.75, 3.05) is 26.9 Å². The molecule has 2 aromatic rings. The lowest BCUT2D eigenvalue weighted by molar-refractivity contribution is -0.161. The van der Waals surface area contributed by atoms with Gasteiger partial charge in [0.1, 0.15) is 12.6 Å². The van der Waals surface area contributed by atoms with Crippen molar-refractivity contribution < 1.29 is 29.0 Å². The minimum atomic E-state index is -1.43. The third-order valence-electron chi connectivity index (χ3n) is 7.09. The molecule has 186 valence electrons. The van der Waals surface area contributed by atoms with Crippen LogP contribution >= 0.6 is 0 Å². The number of rotatable bonds is 8. The Hall–Kier alpha value is -3.39. The number of ether oxygens (including phenoxy) is 2. The Morgan fingerprint density at radius 3 is 2.23 bits per heavy atom. The van der Waals surface area contributed by atoms with E-state index in [0.29, 0.717) is 19.4 Å². The summed E-state index contributed by atoms with van der Waals surface area (Å²) in [6.07, 6.45) is 0.153. The Labute approximate surface area is 205 Å². The first kappa shape index (κ1) is 24.7. The molecular weight excluding hydrogens is 448 g/mol. The van der Waals surface area contributed by atoms with Gasteiger partial charge in [0.25, 0.3) is 0 Å². The average molecular weight is 481 g/mol. The Morgan fingerprint density at radius 2 is 1.69 bits per heavy atom. The zero-order valence-corrected chi connectivity index (χ0v) is 20.3. The topological polar surface area (TPSA) is 105 Å². The van der Waals surface area contributed by atoms with Gasteiger partial charge in [-0.15, -0.1) is 0 Å². The monoisotopic (exact) mass is 480 g/mol. The predicted octanol–water partition coefficient (Wildman–Crippen LogP) is 3.64. The van der Waals surface area contributed by atoms with Crippen molar-refractivity contribution in [3.05, 3.63) is 59.7 Å². The fourth-order valence-electron chi connectivity index (χ4n) is 5.32. The molecule has 0 radical (unpaired) electrons. The number of methoxy groups -OCH3 is 1. The minimum Gasteiger partial charge on any atom is -0.479 e. The molecule has 0 spiro atoms. The third-order valence-corrected chi connectivity index (χ3v) is 7.09. The molecule has 2 atom stereocenters. The molecule has 2 amide bonds. The van der Waals surface area contributed by atoms with Crippen molar-refractivity contribution in [2.45, 2.75) is 44.2 Å². The number of alkyl carbamates (subject to hydrolysis) is 1. The van der Waals surface area contributed by atoms with Crippen molar-refractivity contribution in [3.8, 4) is 11.1 Å². The predicted molar refractivity (Wildman–Crippen MR) is 130 cm³/mol. The van der Waals surface area contributed by atoms with E-state index in [4.69, 9.17) is 9.47 Å².